The molecule has 0 atom stereocenters. The number of fused-ring (bicyclic) bond motifs is 1. The van der Waals surface area contributed by atoms with Crippen molar-refractivity contribution in [2.75, 3.05) is 0 Å². The minimum atomic E-state index is -0.0913. The summed E-state index contributed by atoms with van der Waals surface area (Å²) in [5.74, 6) is 0. The molecule has 80 valence electrons. The lowest BCUT2D eigenvalue weighted by atomic mass is 10.3. The van der Waals surface area contributed by atoms with Crippen molar-refractivity contribution in [3.8, 4) is 11.3 Å². The number of aromatic nitrogens is 4. The van der Waals surface area contributed by atoms with Crippen LogP contribution in [0.15, 0.2) is 41.7 Å². The van der Waals surface area contributed by atoms with Crippen LogP contribution in [0.25, 0.3) is 16.8 Å². The zero-order valence-corrected chi connectivity index (χ0v) is 8.71. The number of nitrogens with one attached hydrogen (secondary N) is 1. The molecular weight excluding hydrogens is 204 g/mol. The summed E-state index contributed by atoms with van der Waals surface area (Å²) in [5, 5.41) is 4.08. The predicted molar refractivity (Wildman–Crippen MR) is 60.2 cm³/mol. The highest BCUT2D eigenvalue weighted by Crippen LogP contribution is 2.14. The first-order chi connectivity index (χ1) is 7.74. The lowest BCUT2D eigenvalue weighted by molar-refractivity contribution is 0.768. The van der Waals surface area contributed by atoms with Gasteiger partial charge in [0.05, 0.1) is 11.9 Å². The third kappa shape index (κ3) is 1.25. The molecule has 0 bridgehead atoms. The summed E-state index contributed by atoms with van der Waals surface area (Å²) in [6, 6.07) is 3.63. The van der Waals surface area contributed by atoms with Crippen LogP contribution in [-0.2, 0) is 7.05 Å². The molecule has 3 heterocycles. The standard InChI is InChI=1S/C11H10N4O/c1-14-6-8(5-12-14)9-7-15-4-2-3-10(15)11(16)13-9/h2-7H,1H3,(H,13,16). The van der Waals surface area contributed by atoms with Crippen LogP contribution in [0.4, 0.5) is 0 Å². The summed E-state index contributed by atoms with van der Waals surface area (Å²) in [6.45, 7) is 0. The highest BCUT2D eigenvalue weighted by molar-refractivity contribution is 5.58. The fourth-order valence-corrected chi connectivity index (χ4v) is 1.76. The van der Waals surface area contributed by atoms with E-state index in [1.165, 1.54) is 0 Å². The van der Waals surface area contributed by atoms with E-state index in [2.05, 4.69) is 10.1 Å². The second-order valence-corrected chi connectivity index (χ2v) is 3.70. The van der Waals surface area contributed by atoms with Crippen molar-refractivity contribution in [3.63, 3.8) is 0 Å². The Bertz CT molecular complexity index is 704. The highest BCUT2D eigenvalue weighted by atomic mass is 16.1. The van der Waals surface area contributed by atoms with E-state index in [0.29, 0.717) is 5.52 Å². The number of aryl methyl sites for hydroxylation is 1. The second kappa shape index (κ2) is 3.10. The van der Waals surface area contributed by atoms with Gasteiger partial charge >= 0.3 is 0 Å². The van der Waals surface area contributed by atoms with E-state index in [1.54, 1.807) is 21.3 Å². The van der Waals surface area contributed by atoms with Gasteiger partial charge in [-0.15, -0.1) is 0 Å². The van der Waals surface area contributed by atoms with Gasteiger partial charge < -0.3 is 9.38 Å². The molecule has 5 nitrogen and oxygen atoms in total. The lowest BCUT2D eigenvalue weighted by Gasteiger charge is -1.99. The first-order valence-corrected chi connectivity index (χ1v) is 4.93. The van der Waals surface area contributed by atoms with Gasteiger partial charge in [-0.2, -0.15) is 5.10 Å². The average Bonchev–Trinajstić information content (AvgIpc) is 2.85. The summed E-state index contributed by atoms with van der Waals surface area (Å²) < 4.78 is 3.51. The lowest BCUT2D eigenvalue weighted by Crippen LogP contribution is -2.09. The fraction of sp³-hybridized carbons (Fsp3) is 0.0909. The van der Waals surface area contributed by atoms with E-state index >= 15 is 0 Å². The third-order valence-electron chi connectivity index (χ3n) is 2.54. The molecule has 0 fully saturated rings. The van der Waals surface area contributed by atoms with Gasteiger partial charge in [-0.1, -0.05) is 0 Å². The summed E-state index contributed by atoms with van der Waals surface area (Å²) in [4.78, 5) is 14.6. The number of hydrogen-bond acceptors (Lipinski definition) is 2. The third-order valence-corrected chi connectivity index (χ3v) is 2.54. The molecule has 3 aromatic heterocycles. The zero-order valence-electron chi connectivity index (χ0n) is 8.71. The van der Waals surface area contributed by atoms with Crippen molar-refractivity contribution < 1.29 is 0 Å². The molecule has 3 rings (SSSR count). The fourth-order valence-electron chi connectivity index (χ4n) is 1.76. The molecule has 0 aliphatic rings. The van der Waals surface area contributed by atoms with Gasteiger partial charge in [-0.25, -0.2) is 0 Å². The maximum Gasteiger partial charge on any atom is 0.272 e. The highest BCUT2D eigenvalue weighted by Gasteiger charge is 2.04. The number of H-pyrrole nitrogens is 1. The largest absolute Gasteiger partial charge is 0.319 e. The average molecular weight is 214 g/mol. The predicted octanol–water partition coefficient (Wildman–Crippen LogP) is 1.03. The van der Waals surface area contributed by atoms with Crippen LogP contribution in [-0.4, -0.2) is 19.2 Å². The smallest absolute Gasteiger partial charge is 0.272 e. The number of aromatic amines is 1. The normalized spacial score (nSPS) is 11.1. The Kier molecular flexibility index (Phi) is 1.73. The Hall–Kier alpha value is -2.30. The van der Waals surface area contributed by atoms with Crippen molar-refractivity contribution in [3.05, 3.63) is 47.3 Å². The number of hydrogen-bond donors (Lipinski definition) is 1. The molecule has 0 amide bonds. The molecule has 3 aromatic rings. The molecule has 0 saturated carbocycles. The minimum absolute atomic E-state index is 0.0913. The molecule has 5 heteroatoms. The molecule has 0 aliphatic carbocycles. The Morgan fingerprint density at radius 2 is 2.25 bits per heavy atom. The van der Waals surface area contributed by atoms with Crippen molar-refractivity contribution in [2.24, 2.45) is 7.05 Å². The van der Waals surface area contributed by atoms with E-state index in [1.807, 2.05) is 31.7 Å². The Labute approximate surface area is 91.0 Å². The SMILES string of the molecule is Cn1cc(-c2cn3cccc3c(=O)[nH]2)cn1. The van der Waals surface area contributed by atoms with Crippen LogP contribution in [0, 0.1) is 0 Å². The molecule has 0 saturated heterocycles. The molecule has 0 aliphatic heterocycles. The van der Waals surface area contributed by atoms with E-state index < -0.39 is 0 Å². The molecule has 0 spiro atoms. The van der Waals surface area contributed by atoms with Crippen molar-refractivity contribution in [1.29, 1.82) is 0 Å². The molecule has 1 N–H and O–H groups in total. The van der Waals surface area contributed by atoms with E-state index in [4.69, 9.17) is 0 Å². The van der Waals surface area contributed by atoms with Crippen molar-refractivity contribution in [1.82, 2.24) is 19.2 Å². The molecule has 0 aromatic carbocycles. The zero-order chi connectivity index (χ0) is 11.1. The topological polar surface area (TPSA) is 55.1 Å². The van der Waals surface area contributed by atoms with E-state index in [9.17, 15) is 4.79 Å². The summed E-state index contributed by atoms with van der Waals surface area (Å²) >= 11 is 0. The van der Waals surface area contributed by atoms with Gasteiger partial charge in [-0.05, 0) is 12.1 Å². The monoisotopic (exact) mass is 214 g/mol. The van der Waals surface area contributed by atoms with Gasteiger partial charge in [0.25, 0.3) is 5.56 Å². The quantitative estimate of drug-likeness (QED) is 0.657. The first kappa shape index (κ1) is 8.96. The van der Waals surface area contributed by atoms with Gasteiger partial charge in [-0.3, -0.25) is 9.48 Å². The van der Waals surface area contributed by atoms with Crippen LogP contribution in [0.5, 0.6) is 0 Å². The van der Waals surface area contributed by atoms with Gasteiger partial charge in [0.1, 0.15) is 5.52 Å². The van der Waals surface area contributed by atoms with Crippen LogP contribution in [0.1, 0.15) is 0 Å². The molecule has 0 unspecified atom stereocenters. The maximum atomic E-state index is 11.7. The Balaban J connectivity index is 2.28. The van der Waals surface area contributed by atoms with Crippen molar-refractivity contribution in [2.45, 2.75) is 0 Å². The maximum absolute atomic E-state index is 11.7. The molecule has 16 heavy (non-hydrogen) atoms. The van der Waals surface area contributed by atoms with Crippen LogP contribution >= 0.6 is 0 Å². The summed E-state index contributed by atoms with van der Waals surface area (Å²) in [6.07, 6.45) is 7.32. The van der Waals surface area contributed by atoms with Crippen molar-refractivity contribution >= 4 is 5.52 Å². The molecular formula is C11H10N4O. The second-order valence-electron chi connectivity index (χ2n) is 3.70. The minimum Gasteiger partial charge on any atom is -0.319 e. The van der Waals surface area contributed by atoms with Gasteiger partial charge in [0.2, 0.25) is 0 Å². The number of nitrogens with zero attached hydrogens (tertiary/aromatic N) is 3. The number of rotatable bonds is 1. The van der Waals surface area contributed by atoms with Crippen LogP contribution < -0.4 is 5.56 Å². The van der Waals surface area contributed by atoms with Gasteiger partial charge in [0.15, 0.2) is 0 Å². The van der Waals surface area contributed by atoms with E-state index in [-0.39, 0.29) is 5.56 Å². The summed E-state index contributed by atoms with van der Waals surface area (Å²) in [7, 11) is 1.84. The Morgan fingerprint density at radius 3 is 3.00 bits per heavy atom. The summed E-state index contributed by atoms with van der Waals surface area (Å²) in [5.41, 5.74) is 2.22. The first-order valence-electron chi connectivity index (χ1n) is 4.93. The van der Waals surface area contributed by atoms with Crippen LogP contribution in [0.2, 0.25) is 0 Å². The van der Waals surface area contributed by atoms with Gasteiger partial charge in [0, 0.05) is 31.2 Å². The Morgan fingerprint density at radius 1 is 1.38 bits per heavy atom. The molecule has 0 radical (unpaired) electrons. The van der Waals surface area contributed by atoms with E-state index in [0.717, 1.165) is 11.3 Å². The van der Waals surface area contributed by atoms with Crippen LogP contribution in [0.3, 0.4) is 0 Å².